The third-order valence-electron chi connectivity index (χ3n) is 2.22. The summed E-state index contributed by atoms with van der Waals surface area (Å²) >= 11 is 0. The quantitative estimate of drug-likeness (QED) is 0.534. The van der Waals surface area contributed by atoms with E-state index in [1.54, 1.807) is 0 Å². The van der Waals surface area contributed by atoms with Crippen molar-refractivity contribution < 1.29 is 0 Å². The van der Waals surface area contributed by atoms with E-state index in [2.05, 4.69) is 0 Å². The van der Waals surface area contributed by atoms with Crippen molar-refractivity contribution in [1.29, 1.82) is 0 Å². The molecule has 0 heteroatoms. The smallest absolute Gasteiger partial charge is 0.0623 e. The van der Waals surface area contributed by atoms with Crippen LogP contribution in [0.2, 0.25) is 0 Å². The fourth-order valence-corrected chi connectivity index (χ4v) is 1.28. The highest BCUT2D eigenvalue weighted by Gasteiger charge is 1.66. The average Bonchev–Trinajstić information content (AvgIpc) is 2.46. The Morgan fingerprint density at radius 2 is 0.150 bits per heavy atom. The molecule has 0 unspecified atom stereocenters. The maximum Gasteiger partial charge on any atom is -0.0623 e. The van der Waals surface area contributed by atoms with Crippen LogP contribution in [0.3, 0.4) is 0 Å². The highest BCUT2D eigenvalue weighted by molar-refractivity contribution is 5.24. The maximum atomic E-state index is 2.00. The van der Waals surface area contributed by atoms with E-state index in [9.17, 15) is 0 Å². The van der Waals surface area contributed by atoms with Gasteiger partial charge in [-0.1, -0.05) is 122 Å². The zero-order valence-corrected chi connectivity index (χ0v) is 11.5. The van der Waals surface area contributed by atoms with Crippen molar-refractivity contribution in [3.63, 3.8) is 0 Å². The molecule has 0 N–H and O–H groups in total. The van der Waals surface area contributed by atoms with Crippen LogP contribution in [0.5, 0.6) is 0 Å². The minimum Gasteiger partial charge on any atom is -0.0623 e. The van der Waals surface area contributed by atoms with E-state index in [-0.39, 0.29) is 0 Å². The van der Waals surface area contributed by atoms with Gasteiger partial charge in [-0.15, -0.1) is 0 Å². The van der Waals surface area contributed by atoms with E-state index in [4.69, 9.17) is 0 Å². The Kier molecular flexibility index (Phi) is 9.93. The van der Waals surface area contributed by atoms with E-state index in [1.807, 2.05) is 122 Å². The first-order valence-corrected chi connectivity index (χ1v) is 6.67. The normalized spacial score (nSPS) is 32.0. The topological polar surface area (TPSA) is 0 Å². The third kappa shape index (κ3) is 10.5. The molecular weight excluding hydrogens is 240 g/mol. The van der Waals surface area contributed by atoms with Crippen LogP contribution in [-0.2, 0) is 0 Å². The second kappa shape index (κ2) is 12.8. The molecule has 1 aliphatic carbocycles. The van der Waals surface area contributed by atoms with Crippen molar-refractivity contribution in [3.8, 4) is 0 Å². The van der Waals surface area contributed by atoms with Gasteiger partial charge in [0.15, 0.2) is 0 Å². The molecule has 100 valence electrons. The Balaban J connectivity index is 2.67. The predicted octanol–water partition coefficient (Wildman–Crippen LogP) is 5.56. The monoisotopic (exact) mass is 260 g/mol. The van der Waals surface area contributed by atoms with Crippen LogP contribution in [-0.4, -0.2) is 0 Å². The largest absolute Gasteiger partial charge is 0.0623 e. The molecule has 0 atom stereocenters. The molecule has 0 saturated heterocycles. The molecule has 0 aliphatic heterocycles. The highest BCUT2D eigenvalue weighted by atomic mass is 13.7. The summed E-state index contributed by atoms with van der Waals surface area (Å²) in [5.74, 6) is 0. The second-order valence-electron chi connectivity index (χ2n) is 3.85. The van der Waals surface area contributed by atoms with Gasteiger partial charge in [-0.25, -0.2) is 0 Å². The van der Waals surface area contributed by atoms with Crippen molar-refractivity contribution in [3.05, 3.63) is 122 Å². The van der Waals surface area contributed by atoms with Gasteiger partial charge >= 0.3 is 0 Å². The average molecular weight is 260 g/mol. The van der Waals surface area contributed by atoms with E-state index < -0.39 is 0 Å². The van der Waals surface area contributed by atoms with Crippen LogP contribution in [0.1, 0.15) is 0 Å². The van der Waals surface area contributed by atoms with Crippen LogP contribution in [0.25, 0.3) is 0 Å². The molecule has 0 radical (unpaired) electrons. The van der Waals surface area contributed by atoms with E-state index in [1.165, 1.54) is 0 Å². The molecule has 0 aromatic carbocycles. The summed E-state index contributed by atoms with van der Waals surface area (Å²) in [5.41, 5.74) is 0. The van der Waals surface area contributed by atoms with Crippen LogP contribution >= 0.6 is 0 Å². The molecule has 0 bridgehead atoms. The van der Waals surface area contributed by atoms with Gasteiger partial charge in [0.1, 0.15) is 0 Å². The molecule has 0 saturated carbocycles. The van der Waals surface area contributed by atoms with Crippen molar-refractivity contribution in [2.75, 3.05) is 0 Å². The van der Waals surface area contributed by atoms with Gasteiger partial charge in [0.25, 0.3) is 0 Å². The Labute approximate surface area is 122 Å². The van der Waals surface area contributed by atoms with Crippen molar-refractivity contribution >= 4 is 0 Å². The minimum absolute atomic E-state index is 2.00. The molecule has 1 rings (SSSR count). The predicted molar refractivity (Wildman–Crippen MR) is 91.4 cm³/mol. The van der Waals surface area contributed by atoms with E-state index in [0.29, 0.717) is 0 Å². The van der Waals surface area contributed by atoms with Gasteiger partial charge in [-0.05, 0) is 0 Å². The SMILES string of the molecule is C1=C\C=C/C=C\C=C/C=C\C=C/C=C\C=C/C=C\C=C/1. The Morgan fingerprint density at radius 3 is 0.200 bits per heavy atom. The first-order valence-electron chi connectivity index (χ1n) is 6.67. The summed E-state index contributed by atoms with van der Waals surface area (Å²) in [6.45, 7) is 0. The van der Waals surface area contributed by atoms with Crippen LogP contribution in [0, 0.1) is 0 Å². The first-order chi connectivity index (χ1) is 10.0. The van der Waals surface area contributed by atoms with Crippen LogP contribution in [0.4, 0.5) is 0 Å². The molecule has 1 aliphatic rings. The van der Waals surface area contributed by atoms with Gasteiger partial charge in [0, 0.05) is 0 Å². The Bertz CT molecular complexity index is 318. The number of allylic oxidation sites excluding steroid dienone is 20. The molecule has 0 aromatic heterocycles. The molecule has 0 heterocycles. The summed E-state index contributed by atoms with van der Waals surface area (Å²) < 4.78 is 0. The van der Waals surface area contributed by atoms with Crippen LogP contribution in [0.15, 0.2) is 122 Å². The summed E-state index contributed by atoms with van der Waals surface area (Å²) in [5, 5.41) is 0. The lowest BCUT2D eigenvalue weighted by Crippen LogP contribution is -1.55. The highest BCUT2D eigenvalue weighted by Crippen LogP contribution is 1.88. The molecule has 0 spiro atoms. The third-order valence-corrected chi connectivity index (χ3v) is 2.22. The van der Waals surface area contributed by atoms with Crippen molar-refractivity contribution in [2.45, 2.75) is 0 Å². The number of hydrogen-bond donors (Lipinski definition) is 0. The van der Waals surface area contributed by atoms with Gasteiger partial charge in [-0.3, -0.25) is 0 Å². The second-order valence-corrected chi connectivity index (χ2v) is 3.85. The summed E-state index contributed by atoms with van der Waals surface area (Å²) in [7, 11) is 0. The Hall–Kier alpha value is -2.60. The number of rotatable bonds is 0. The Morgan fingerprint density at radius 1 is 0.100 bits per heavy atom. The fourth-order valence-electron chi connectivity index (χ4n) is 1.28. The molecule has 0 fully saturated rings. The number of hydrogen-bond acceptors (Lipinski definition) is 0. The van der Waals surface area contributed by atoms with Crippen molar-refractivity contribution in [1.82, 2.24) is 0 Å². The molecular formula is C20H20. The lowest BCUT2D eigenvalue weighted by Gasteiger charge is -1.77. The van der Waals surface area contributed by atoms with E-state index in [0.717, 1.165) is 0 Å². The fraction of sp³-hybridized carbons (Fsp3) is 0. The molecule has 0 nitrogen and oxygen atoms in total. The van der Waals surface area contributed by atoms with Gasteiger partial charge in [0.2, 0.25) is 0 Å². The summed E-state index contributed by atoms with van der Waals surface area (Å²) in [6.07, 6.45) is 40.0. The van der Waals surface area contributed by atoms with Gasteiger partial charge in [0.05, 0.1) is 0 Å². The van der Waals surface area contributed by atoms with Crippen LogP contribution < -0.4 is 0 Å². The first kappa shape index (κ1) is 15.5. The van der Waals surface area contributed by atoms with Gasteiger partial charge in [-0.2, -0.15) is 0 Å². The standard InChI is InChI=1S/C20H20/c1-2-4-6-8-10-12-14-16-18-20-19-17-15-13-11-9-7-5-3-1/h1-20H/b2-1-,3-1?,4-2?,5-3-,6-4-,7-5?,8-6?,9-7-,10-8-,11-9?,12-10?,13-11-,14-12-,15-13?,16-14?,17-15-,18-16-,19-17?,20-18?,20-19-. The summed E-state index contributed by atoms with van der Waals surface area (Å²) in [6, 6.07) is 0. The lowest BCUT2D eigenvalue weighted by atomic mass is 10.3. The molecule has 20 heavy (non-hydrogen) atoms. The molecule has 0 aromatic rings. The van der Waals surface area contributed by atoms with E-state index >= 15 is 0 Å². The summed E-state index contributed by atoms with van der Waals surface area (Å²) in [4.78, 5) is 0. The van der Waals surface area contributed by atoms with Gasteiger partial charge < -0.3 is 0 Å². The zero-order chi connectivity index (χ0) is 14.1. The molecule has 0 amide bonds. The minimum atomic E-state index is 2.00. The van der Waals surface area contributed by atoms with Crippen molar-refractivity contribution in [2.24, 2.45) is 0 Å². The lowest BCUT2D eigenvalue weighted by molar-refractivity contribution is 1.81. The maximum absolute atomic E-state index is 2.00. The zero-order valence-electron chi connectivity index (χ0n) is 11.5.